The van der Waals surface area contributed by atoms with Crippen LogP contribution in [0, 0.1) is 0 Å². The van der Waals surface area contributed by atoms with E-state index in [1.165, 1.54) is 101 Å². The number of halogens is 1. The van der Waals surface area contributed by atoms with Crippen molar-refractivity contribution in [3.63, 3.8) is 0 Å². The van der Waals surface area contributed by atoms with E-state index in [1.54, 1.807) is 0 Å². The number of nitrogens with zero attached hydrogens (tertiary/aromatic N) is 1. The summed E-state index contributed by atoms with van der Waals surface area (Å²) in [5.41, 5.74) is 0. The summed E-state index contributed by atoms with van der Waals surface area (Å²) >= 11 is 0. The Morgan fingerprint density at radius 1 is 0.889 bits per heavy atom. The highest BCUT2D eigenvalue weighted by Crippen LogP contribution is 2.10. The predicted molar refractivity (Wildman–Crippen MR) is 114 cm³/mol. The maximum atomic E-state index is 9.73. The van der Waals surface area contributed by atoms with Gasteiger partial charge in [0, 0.05) is 13.3 Å². The SMILES string of the molecule is CCCCCCCC/C=C\CCCCCCCCC1=NCC[NH+]1C(C)O.[Cl-]. The third-order valence-corrected chi connectivity index (χ3v) is 5.48. The van der Waals surface area contributed by atoms with Crippen molar-refractivity contribution in [3.8, 4) is 0 Å². The molecule has 1 rings (SSSR count). The van der Waals surface area contributed by atoms with E-state index >= 15 is 0 Å². The first-order valence-corrected chi connectivity index (χ1v) is 11.5. The molecule has 2 unspecified atom stereocenters. The van der Waals surface area contributed by atoms with Crippen LogP contribution in [0.25, 0.3) is 0 Å². The van der Waals surface area contributed by atoms with E-state index in [1.807, 2.05) is 6.92 Å². The number of allylic oxidation sites excluding steroid dienone is 2. The first-order valence-electron chi connectivity index (χ1n) is 11.5. The van der Waals surface area contributed by atoms with E-state index in [0.717, 1.165) is 19.5 Å². The second kappa shape index (κ2) is 19.0. The number of aliphatic hydroxyl groups excluding tert-OH is 1. The minimum atomic E-state index is -0.301. The van der Waals surface area contributed by atoms with E-state index in [4.69, 9.17) is 0 Å². The molecule has 1 aliphatic heterocycles. The summed E-state index contributed by atoms with van der Waals surface area (Å²) in [5.74, 6) is 1.20. The van der Waals surface area contributed by atoms with Gasteiger partial charge in [-0.3, -0.25) is 4.90 Å². The van der Waals surface area contributed by atoms with Crippen LogP contribution in [-0.4, -0.2) is 30.3 Å². The maximum Gasteiger partial charge on any atom is 0.198 e. The molecule has 0 fully saturated rings. The highest BCUT2D eigenvalue weighted by molar-refractivity contribution is 5.74. The number of unbranched alkanes of at least 4 members (excludes halogenated alkanes) is 12. The summed E-state index contributed by atoms with van der Waals surface area (Å²) in [5, 5.41) is 9.73. The summed E-state index contributed by atoms with van der Waals surface area (Å²) in [7, 11) is 0. The van der Waals surface area contributed by atoms with Crippen LogP contribution in [0.5, 0.6) is 0 Å². The second-order valence-corrected chi connectivity index (χ2v) is 7.97. The van der Waals surface area contributed by atoms with Gasteiger partial charge in [0.25, 0.3) is 0 Å². The van der Waals surface area contributed by atoms with E-state index in [9.17, 15) is 5.11 Å². The first kappa shape index (κ1) is 26.6. The molecule has 0 radical (unpaired) electrons. The molecule has 0 spiro atoms. The maximum absolute atomic E-state index is 9.73. The molecular formula is C23H45ClN2O. The first-order chi connectivity index (χ1) is 12.8. The lowest BCUT2D eigenvalue weighted by Gasteiger charge is -2.17. The topological polar surface area (TPSA) is 37.0 Å². The minimum Gasteiger partial charge on any atom is -1.00 e. The van der Waals surface area contributed by atoms with E-state index < -0.39 is 0 Å². The number of hydrogen-bond acceptors (Lipinski definition) is 2. The van der Waals surface area contributed by atoms with Crippen LogP contribution in [0.4, 0.5) is 0 Å². The van der Waals surface area contributed by atoms with Gasteiger partial charge in [-0.05, 0) is 32.1 Å². The molecule has 2 atom stereocenters. The van der Waals surface area contributed by atoms with Crippen LogP contribution in [0.3, 0.4) is 0 Å². The van der Waals surface area contributed by atoms with Crippen LogP contribution in [-0.2, 0) is 0 Å². The number of aliphatic hydroxyl groups is 1. The molecule has 0 saturated heterocycles. The van der Waals surface area contributed by atoms with E-state index in [-0.39, 0.29) is 18.6 Å². The monoisotopic (exact) mass is 400 g/mol. The highest BCUT2D eigenvalue weighted by Gasteiger charge is 2.25. The Bertz CT molecular complexity index is 383. The Labute approximate surface area is 175 Å². The minimum absolute atomic E-state index is 0. The Balaban J connectivity index is 0.00000676. The quantitative estimate of drug-likeness (QED) is 0.284. The molecule has 1 aliphatic rings. The third kappa shape index (κ3) is 14.3. The van der Waals surface area contributed by atoms with Gasteiger partial charge in [-0.1, -0.05) is 76.9 Å². The average Bonchev–Trinajstić information content (AvgIpc) is 3.10. The van der Waals surface area contributed by atoms with Gasteiger partial charge in [-0.25, -0.2) is 4.99 Å². The van der Waals surface area contributed by atoms with Crippen molar-refractivity contribution in [2.45, 2.75) is 116 Å². The molecule has 1 heterocycles. The number of rotatable bonds is 17. The van der Waals surface area contributed by atoms with Crippen molar-refractivity contribution in [2.24, 2.45) is 4.99 Å². The lowest BCUT2D eigenvalue weighted by molar-refractivity contribution is -0.853. The molecule has 0 amide bonds. The van der Waals surface area contributed by atoms with Gasteiger partial charge in [-0.2, -0.15) is 0 Å². The largest absolute Gasteiger partial charge is 1.00 e. The standard InChI is InChI=1S/C23H44N2O.ClH/c1-3-4-5-6-7-8-9-10-11-12-13-14-15-16-17-18-19-23-24-20-21-25(23)22(2)26;/h10-11,22,26H,3-9,12-21H2,1-2H3;1H/b11-10-;. The van der Waals surface area contributed by atoms with Crippen LogP contribution >= 0.6 is 0 Å². The molecule has 3 nitrogen and oxygen atoms in total. The summed E-state index contributed by atoms with van der Waals surface area (Å²) in [6, 6.07) is 0. The molecule has 2 N–H and O–H groups in total. The normalized spacial score (nSPS) is 17.9. The number of amidine groups is 1. The van der Waals surface area contributed by atoms with Crippen molar-refractivity contribution in [2.75, 3.05) is 13.1 Å². The van der Waals surface area contributed by atoms with Crippen molar-refractivity contribution in [1.82, 2.24) is 0 Å². The smallest absolute Gasteiger partial charge is 0.198 e. The Hall–Kier alpha value is -0.380. The van der Waals surface area contributed by atoms with Crippen molar-refractivity contribution >= 4 is 5.84 Å². The zero-order valence-electron chi connectivity index (χ0n) is 18.0. The van der Waals surface area contributed by atoms with Crippen molar-refractivity contribution < 1.29 is 22.4 Å². The molecule has 0 aromatic heterocycles. The van der Waals surface area contributed by atoms with Gasteiger partial charge in [0.1, 0.15) is 6.54 Å². The number of quaternary nitrogens is 1. The zero-order valence-corrected chi connectivity index (χ0v) is 18.8. The van der Waals surface area contributed by atoms with Crippen LogP contribution in [0.2, 0.25) is 0 Å². The molecule has 27 heavy (non-hydrogen) atoms. The van der Waals surface area contributed by atoms with Gasteiger partial charge < -0.3 is 17.5 Å². The van der Waals surface area contributed by atoms with Crippen LogP contribution in [0.1, 0.15) is 110 Å². The van der Waals surface area contributed by atoms with Gasteiger partial charge in [0.2, 0.25) is 0 Å². The average molecular weight is 401 g/mol. The van der Waals surface area contributed by atoms with Crippen LogP contribution < -0.4 is 17.3 Å². The lowest BCUT2D eigenvalue weighted by Crippen LogP contribution is -3.16. The fourth-order valence-electron chi connectivity index (χ4n) is 3.79. The summed E-state index contributed by atoms with van der Waals surface area (Å²) in [6.07, 6.45) is 24.5. The highest BCUT2D eigenvalue weighted by atomic mass is 35.5. The zero-order chi connectivity index (χ0) is 18.9. The second-order valence-electron chi connectivity index (χ2n) is 7.97. The predicted octanol–water partition coefficient (Wildman–Crippen LogP) is 2.05. The summed E-state index contributed by atoms with van der Waals surface area (Å²) in [6.45, 7) is 6.01. The van der Waals surface area contributed by atoms with Crippen molar-refractivity contribution in [3.05, 3.63) is 12.2 Å². The van der Waals surface area contributed by atoms with Crippen LogP contribution in [0.15, 0.2) is 17.1 Å². The molecule has 160 valence electrons. The fourth-order valence-corrected chi connectivity index (χ4v) is 3.79. The summed E-state index contributed by atoms with van der Waals surface area (Å²) in [4.78, 5) is 5.75. The Kier molecular flexibility index (Phi) is 18.7. The molecule has 0 aromatic rings. The number of aliphatic imine (C=N–C) groups is 1. The molecule has 4 heteroatoms. The van der Waals surface area contributed by atoms with Gasteiger partial charge in [0.05, 0.1) is 6.54 Å². The van der Waals surface area contributed by atoms with Gasteiger partial charge in [0.15, 0.2) is 12.1 Å². The number of nitrogens with one attached hydrogen (secondary N) is 1. The fraction of sp³-hybridized carbons (Fsp3) is 0.870. The molecule has 0 bridgehead atoms. The van der Waals surface area contributed by atoms with Gasteiger partial charge in [-0.15, -0.1) is 0 Å². The van der Waals surface area contributed by atoms with Gasteiger partial charge >= 0.3 is 0 Å². The third-order valence-electron chi connectivity index (χ3n) is 5.48. The Morgan fingerprint density at radius 2 is 1.41 bits per heavy atom. The molecule has 0 aliphatic carbocycles. The molecular weight excluding hydrogens is 356 g/mol. The Morgan fingerprint density at radius 3 is 1.96 bits per heavy atom. The van der Waals surface area contributed by atoms with E-state index in [2.05, 4.69) is 24.1 Å². The molecule has 0 saturated carbocycles. The number of hydrogen-bond donors (Lipinski definition) is 2. The lowest BCUT2D eigenvalue weighted by atomic mass is 10.1. The van der Waals surface area contributed by atoms with Crippen molar-refractivity contribution in [1.29, 1.82) is 0 Å². The summed E-state index contributed by atoms with van der Waals surface area (Å²) < 4.78 is 0. The van der Waals surface area contributed by atoms with E-state index in [0.29, 0.717) is 0 Å². The molecule has 0 aromatic carbocycles.